The Balaban J connectivity index is 1.87. The fourth-order valence-electron chi connectivity index (χ4n) is 3.53. The molecule has 0 atom stereocenters. The number of aromatic nitrogens is 1. The molecule has 0 bridgehead atoms. The molecular weight excluding hydrogens is 374 g/mol. The van der Waals surface area contributed by atoms with Crippen LogP contribution in [-0.4, -0.2) is 45.0 Å². The molecule has 0 unspecified atom stereocenters. The van der Waals surface area contributed by atoms with E-state index in [4.69, 9.17) is 4.74 Å². The van der Waals surface area contributed by atoms with Gasteiger partial charge in [-0.15, -0.1) is 0 Å². The average molecular weight is 404 g/mol. The first-order valence-electron chi connectivity index (χ1n) is 9.87. The summed E-state index contributed by atoms with van der Waals surface area (Å²) in [5.41, 5.74) is 3.59. The lowest BCUT2D eigenvalue weighted by Crippen LogP contribution is -2.25. The van der Waals surface area contributed by atoms with E-state index < -0.39 is 10.0 Å². The van der Waals surface area contributed by atoms with Crippen LogP contribution in [0, 0.1) is 0 Å². The number of benzene rings is 1. The smallest absolute Gasteiger partial charge is 0.262 e. The van der Waals surface area contributed by atoms with Crippen molar-refractivity contribution in [3.8, 4) is 5.88 Å². The molecule has 1 aliphatic rings. The molecule has 1 N–H and O–H groups in total. The zero-order valence-electron chi connectivity index (χ0n) is 16.9. The molecule has 1 aliphatic heterocycles. The molecule has 0 spiro atoms. The highest BCUT2D eigenvalue weighted by Gasteiger charge is 2.21. The van der Waals surface area contributed by atoms with Gasteiger partial charge in [0.2, 0.25) is 5.88 Å². The molecule has 28 heavy (non-hydrogen) atoms. The number of likely N-dealkylation sites (N-methyl/N-ethyl adjacent to an activating group) is 1. The van der Waals surface area contributed by atoms with Gasteiger partial charge in [0.05, 0.1) is 12.0 Å². The van der Waals surface area contributed by atoms with Gasteiger partial charge in [-0.3, -0.25) is 4.72 Å². The second-order valence-corrected chi connectivity index (χ2v) is 8.77. The molecule has 152 valence electrons. The summed E-state index contributed by atoms with van der Waals surface area (Å²) in [6.07, 6.45) is 3.65. The number of ether oxygens (including phenoxy) is 1. The minimum atomic E-state index is -3.71. The third kappa shape index (κ3) is 4.64. The van der Waals surface area contributed by atoms with Gasteiger partial charge in [-0.05, 0) is 48.7 Å². The van der Waals surface area contributed by atoms with Crippen molar-refractivity contribution in [1.82, 2.24) is 9.88 Å². The third-order valence-corrected chi connectivity index (χ3v) is 6.56. The van der Waals surface area contributed by atoms with Crippen LogP contribution in [0.4, 0.5) is 5.69 Å². The Morgan fingerprint density at radius 3 is 2.50 bits per heavy atom. The van der Waals surface area contributed by atoms with E-state index in [1.54, 1.807) is 12.1 Å². The number of rotatable bonds is 7. The maximum Gasteiger partial charge on any atom is 0.262 e. The number of anilines is 1. The number of pyridine rings is 1. The zero-order chi connectivity index (χ0) is 20.1. The van der Waals surface area contributed by atoms with Crippen LogP contribution in [0.15, 0.2) is 35.2 Å². The Kier molecular flexibility index (Phi) is 6.57. The predicted octanol–water partition coefficient (Wildman–Crippen LogP) is 3.26. The van der Waals surface area contributed by atoms with E-state index in [1.165, 1.54) is 7.11 Å². The summed E-state index contributed by atoms with van der Waals surface area (Å²) in [5, 5.41) is 0. The highest BCUT2D eigenvalue weighted by molar-refractivity contribution is 7.92. The molecule has 0 aliphatic carbocycles. The van der Waals surface area contributed by atoms with E-state index in [9.17, 15) is 8.42 Å². The van der Waals surface area contributed by atoms with Crippen LogP contribution in [-0.2, 0) is 29.3 Å². The summed E-state index contributed by atoms with van der Waals surface area (Å²) in [4.78, 5) is 7.21. The van der Waals surface area contributed by atoms with Gasteiger partial charge >= 0.3 is 0 Å². The van der Waals surface area contributed by atoms with E-state index in [1.807, 2.05) is 18.2 Å². The lowest BCUT2D eigenvalue weighted by Gasteiger charge is -2.15. The summed E-state index contributed by atoms with van der Waals surface area (Å²) in [5.74, 6) is 0.315. The second-order valence-electron chi connectivity index (χ2n) is 7.08. The molecule has 2 aromatic rings. The Morgan fingerprint density at radius 1 is 1.14 bits per heavy atom. The van der Waals surface area contributed by atoms with Crippen molar-refractivity contribution in [3.05, 3.63) is 47.2 Å². The van der Waals surface area contributed by atoms with Crippen molar-refractivity contribution in [2.75, 3.05) is 31.5 Å². The van der Waals surface area contributed by atoms with Gasteiger partial charge in [-0.2, -0.15) is 0 Å². The molecular formula is C21H29N3O3S. The summed E-state index contributed by atoms with van der Waals surface area (Å²) >= 11 is 0. The van der Waals surface area contributed by atoms with Crippen LogP contribution in [0.5, 0.6) is 5.88 Å². The van der Waals surface area contributed by atoms with Crippen LogP contribution in [0.2, 0.25) is 0 Å². The van der Waals surface area contributed by atoms with Gasteiger partial charge in [0, 0.05) is 25.2 Å². The van der Waals surface area contributed by atoms with Crippen molar-refractivity contribution >= 4 is 15.7 Å². The monoisotopic (exact) mass is 403 g/mol. The minimum absolute atomic E-state index is 0.238. The van der Waals surface area contributed by atoms with Gasteiger partial charge < -0.3 is 9.64 Å². The van der Waals surface area contributed by atoms with Crippen LogP contribution in [0.25, 0.3) is 0 Å². The molecule has 7 heteroatoms. The van der Waals surface area contributed by atoms with Crippen molar-refractivity contribution < 1.29 is 13.2 Å². The molecule has 0 fully saturated rings. The molecule has 0 amide bonds. The van der Waals surface area contributed by atoms with E-state index in [0.717, 1.165) is 62.1 Å². The summed E-state index contributed by atoms with van der Waals surface area (Å²) < 4.78 is 33.8. The SMILES string of the molecule is CCCc1ccc(S(=O)(=O)Nc2cc3c(nc2OC)CCN(CC)CC3)cc1. The largest absolute Gasteiger partial charge is 0.479 e. The number of methoxy groups -OCH3 is 1. The van der Waals surface area contributed by atoms with Gasteiger partial charge in [0.1, 0.15) is 5.69 Å². The summed E-state index contributed by atoms with van der Waals surface area (Å²) in [6, 6.07) is 8.91. The summed E-state index contributed by atoms with van der Waals surface area (Å²) in [7, 11) is -2.19. The maximum atomic E-state index is 12.9. The number of sulfonamides is 1. The summed E-state index contributed by atoms with van der Waals surface area (Å²) in [6.45, 7) is 7.15. The second kappa shape index (κ2) is 8.92. The highest BCUT2D eigenvalue weighted by atomic mass is 32.2. The predicted molar refractivity (Wildman–Crippen MR) is 112 cm³/mol. The number of nitrogens with zero attached hydrogens (tertiary/aromatic N) is 2. The fourth-order valence-corrected chi connectivity index (χ4v) is 4.58. The van der Waals surface area contributed by atoms with Gasteiger partial charge in [0.15, 0.2) is 0 Å². The van der Waals surface area contributed by atoms with Gasteiger partial charge in [0.25, 0.3) is 10.0 Å². The number of hydrogen-bond donors (Lipinski definition) is 1. The van der Waals surface area contributed by atoms with E-state index >= 15 is 0 Å². The van der Waals surface area contributed by atoms with Crippen molar-refractivity contribution in [2.45, 2.75) is 44.4 Å². The topological polar surface area (TPSA) is 71.5 Å². The van der Waals surface area contributed by atoms with E-state index in [0.29, 0.717) is 11.6 Å². The fraction of sp³-hybridized carbons (Fsp3) is 0.476. The van der Waals surface area contributed by atoms with Crippen LogP contribution in [0.1, 0.15) is 37.1 Å². The average Bonchev–Trinajstić information content (AvgIpc) is 2.89. The highest BCUT2D eigenvalue weighted by Crippen LogP contribution is 2.29. The quantitative estimate of drug-likeness (QED) is 0.768. The molecule has 1 aromatic carbocycles. The third-order valence-electron chi connectivity index (χ3n) is 5.18. The van der Waals surface area contributed by atoms with Crippen LogP contribution >= 0.6 is 0 Å². The van der Waals surface area contributed by atoms with Crippen molar-refractivity contribution in [3.63, 3.8) is 0 Å². The molecule has 0 saturated carbocycles. The number of nitrogens with one attached hydrogen (secondary N) is 1. The minimum Gasteiger partial charge on any atom is -0.479 e. The van der Waals surface area contributed by atoms with Gasteiger partial charge in [-0.1, -0.05) is 32.4 Å². The van der Waals surface area contributed by atoms with Crippen molar-refractivity contribution in [2.24, 2.45) is 0 Å². The Labute approximate surface area is 168 Å². The number of aryl methyl sites for hydroxylation is 1. The standard InChI is InChI=1S/C21H29N3O3S/c1-4-6-16-7-9-18(10-8-16)28(25,26)23-20-15-17-11-13-24(5-2)14-12-19(17)22-21(20)27-3/h7-10,15,23H,4-6,11-14H2,1-3H3. The van der Waals surface area contributed by atoms with Crippen LogP contribution < -0.4 is 9.46 Å². The first-order chi connectivity index (χ1) is 13.5. The maximum absolute atomic E-state index is 12.9. The Hall–Kier alpha value is -2.12. The lowest BCUT2D eigenvalue weighted by atomic mass is 10.1. The number of hydrogen-bond acceptors (Lipinski definition) is 5. The molecule has 2 heterocycles. The number of fused-ring (bicyclic) bond motifs is 1. The normalized spacial score (nSPS) is 15.0. The molecule has 6 nitrogen and oxygen atoms in total. The molecule has 3 rings (SSSR count). The molecule has 0 radical (unpaired) electrons. The van der Waals surface area contributed by atoms with E-state index in [2.05, 4.69) is 28.5 Å². The van der Waals surface area contributed by atoms with E-state index in [-0.39, 0.29) is 4.90 Å². The molecule has 1 aromatic heterocycles. The first kappa shape index (κ1) is 20.6. The zero-order valence-corrected chi connectivity index (χ0v) is 17.7. The Morgan fingerprint density at radius 2 is 1.86 bits per heavy atom. The van der Waals surface area contributed by atoms with Crippen LogP contribution in [0.3, 0.4) is 0 Å². The van der Waals surface area contributed by atoms with Gasteiger partial charge in [-0.25, -0.2) is 13.4 Å². The lowest BCUT2D eigenvalue weighted by molar-refractivity contribution is 0.303. The first-order valence-corrected chi connectivity index (χ1v) is 11.4. The van der Waals surface area contributed by atoms with Crippen molar-refractivity contribution in [1.29, 1.82) is 0 Å². The Bertz CT molecular complexity index is 911. The molecule has 0 saturated heterocycles.